The topological polar surface area (TPSA) is 84.5 Å². The van der Waals surface area contributed by atoms with E-state index in [0.717, 1.165) is 17.6 Å². The summed E-state index contributed by atoms with van der Waals surface area (Å²) in [7, 11) is -3.42. The lowest BCUT2D eigenvalue weighted by atomic mass is 10.1. The predicted molar refractivity (Wildman–Crippen MR) is 115 cm³/mol. The third-order valence-electron chi connectivity index (χ3n) is 4.03. The second-order valence-corrected chi connectivity index (χ2v) is 8.45. The standard InChI is InChI=1S/C22H22N2O4S/c1-16-6-5-8-20(14-16)28-19-12-10-18(11-13-19)23-22(25)15-17-7-3-4-9-21(17)24-29(2,26)27/h3-14,24H,15H2,1-2H3,(H,23,25). The van der Waals surface area contributed by atoms with Crippen LogP contribution in [0.2, 0.25) is 0 Å². The van der Waals surface area contributed by atoms with Gasteiger partial charge < -0.3 is 10.1 Å². The molecule has 0 aromatic heterocycles. The molecule has 0 saturated heterocycles. The second kappa shape index (κ2) is 8.79. The highest BCUT2D eigenvalue weighted by Crippen LogP contribution is 2.24. The van der Waals surface area contributed by atoms with Crippen molar-refractivity contribution in [3.63, 3.8) is 0 Å². The molecule has 0 spiro atoms. The molecule has 0 saturated carbocycles. The molecule has 2 N–H and O–H groups in total. The van der Waals surface area contributed by atoms with Gasteiger partial charge in [-0.05, 0) is 60.5 Å². The Hall–Kier alpha value is -3.32. The molecule has 3 rings (SSSR count). The number of carbonyl (C=O) groups excluding carboxylic acids is 1. The molecule has 29 heavy (non-hydrogen) atoms. The highest BCUT2D eigenvalue weighted by molar-refractivity contribution is 7.92. The number of para-hydroxylation sites is 1. The van der Waals surface area contributed by atoms with Gasteiger partial charge in [-0.2, -0.15) is 0 Å². The molecular formula is C22H22N2O4S. The molecule has 7 heteroatoms. The summed E-state index contributed by atoms with van der Waals surface area (Å²) in [5.74, 6) is 1.16. The number of benzene rings is 3. The van der Waals surface area contributed by atoms with E-state index < -0.39 is 10.0 Å². The fourth-order valence-corrected chi connectivity index (χ4v) is 3.37. The van der Waals surface area contributed by atoms with Crippen molar-refractivity contribution in [2.75, 3.05) is 16.3 Å². The van der Waals surface area contributed by atoms with E-state index in [2.05, 4.69) is 10.0 Å². The van der Waals surface area contributed by atoms with Crippen molar-refractivity contribution >= 4 is 27.3 Å². The number of anilines is 2. The van der Waals surface area contributed by atoms with Gasteiger partial charge in [-0.3, -0.25) is 9.52 Å². The first-order valence-electron chi connectivity index (χ1n) is 8.99. The molecule has 0 aliphatic carbocycles. The Kier molecular flexibility index (Phi) is 6.19. The molecule has 0 heterocycles. The van der Waals surface area contributed by atoms with Crippen molar-refractivity contribution < 1.29 is 17.9 Å². The van der Waals surface area contributed by atoms with Crippen LogP contribution in [-0.2, 0) is 21.2 Å². The van der Waals surface area contributed by atoms with Gasteiger partial charge in [-0.25, -0.2) is 8.42 Å². The van der Waals surface area contributed by atoms with Crippen molar-refractivity contribution in [2.45, 2.75) is 13.3 Å². The first-order valence-corrected chi connectivity index (χ1v) is 10.9. The molecule has 0 atom stereocenters. The van der Waals surface area contributed by atoms with Gasteiger partial charge in [0.05, 0.1) is 18.4 Å². The van der Waals surface area contributed by atoms with Crippen LogP contribution in [-0.4, -0.2) is 20.6 Å². The average Bonchev–Trinajstić information content (AvgIpc) is 2.64. The highest BCUT2D eigenvalue weighted by atomic mass is 32.2. The monoisotopic (exact) mass is 410 g/mol. The van der Waals surface area contributed by atoms with Crippen LogP contribution in [0.1, 0.15) is 11.1 Å². The third kappa shape index (κ3) is 6.36. The summed E-state index contributed by atoms with van der Waals surface area (Å²) < 4.78 is 31.2. The van der Waals surface area contributed by atoms with Crippen LogP contribution in [0.3, 0.4) is 0 Å². The molecule has 0 fully saturated rings. The first-order chi connectivity index (χ1) is 13.8. The number of rotatable bonds is 7. The Morgan fingerprint density at radius 2 is 1.66 bits per heavy atom. The Morgan fingerprint density at radius 1 is 0.931 bits per heavy atom. The molecule has 1 amide bonds. The Balaban J connectivity index is 1.63. The van der Waals surface area contributed by atoms with Gasteiger partial charge in [0, 0.05) is 5.69 Å². The third-order valence-corrected chi connectivity index (χ3v) is 4.62. The molecule has 3 aromatic carbocycles. The van der Waals surface area contributed by atoms with E-state index in [9.17, 15) is 13.2 Å². The molecule has 0 aliphatic rings. The van der Waals surface area contributed by atoms with Crippen LogP contribution in [0, 0.1) is 6.92 Å². The molecule has 0 aliphatic heterocycles. The van der Waals surface area contributed by atoms with E-state index in [1.165, 1.54) is 0 Å². The lowest BCUT2D eigenvalue weighted by molar-refractivity contribution is -0.115. The summed E-state index contributed by atoms with van der Waals surface area (Å²) in [6.07, 6.45) is 1.12. The molecule has 150 valence electrons. The highest BCUT2D eigenvalue weighted by Gasteiger charge is 2.11. The molecule has 0 bridgehead atoms. The largest absolute Gasteiger partial charge is 0.457 e. The van der Waals surface area contributed by atoms with Crippen LogP contribution in [0.5, 0.6) is 11.5 Å². The minimum atomic E-state index is -3.42. The molecular weight excluding hydrogens is 388 g/mol. The van der Waals surface area contributed by atoms with E-state index in [0.29, 0.717) is 22.7 Å². The Bertz CT molecular complexity index is 1110. The predicted octanol–water partition coefficient (Wildman–Crippen LogP) is 4.34. The fraction of sp³-hybridized carbons (Fsp3) is 0.136. The number of ether oxygens (including phenoxy) is 1. The van der Waals surface area contributed by atoms with E-state index in [1.807, 2.05) is 31.2 Å². The number of amides is 1. The van der Waals surface area contributed by atoms with Crippen LogP contribution < -0.4 is 14.8 Å². The normalized spacial score (nSPS) is 11.0. The number of hydrogen-bond acceptors (Lipinski definition) is 4. The smallest absolute Gasteiger partial charge is 0.229 e. The maximum atomic E-state index is 12.4. The summed E-state index contributed by atoms with van der Waals surface area (Å²) >= 11 is 0. The van der Waals surface area contributed by atoms with Crippen molar-refractivity contribution in [2.24, 2.45) is 0 Å². The van der Waals surface area contributed by atoms with E-state index in [-0.39, 0.29) is 12.3 Å². The Morgan fingerprint density at radius 3 is 2.34 bits per heavy atom. The maximum Gasteiger partial charge on any atom is 0.229 e. The van der Waals surface area contributed by atoms with Crippen molar-refractivity contribution in [3.8, 4) is 11.5 Å². The SMILES string of the molecule is Cc1cccc(Oc2ccc(NC(=O)Cc3ccccc3NS(C)(=O)=O)cc2)c1. The fourth-order valence-electron chi connectivity index (χ4n) is 2.77. The van der Waals surface area contributed by atoms with Gasteiger partial charge in [0.1, 0.15) is 11.5 Å². The van der Waals surface area contributed by atoms with Crippen LogP contribution in [0.4, 0.5) is 11.4 Å². The van der Waals surface area contributed by atoms with Gasteiger partial charge in [0.15, 0.2) is 0 Å². The van der Waals surface area contributed by atoms with Gasteiger partial charge in [-0.1, -0.05) is 30.3 Å². The quantitative estimate of drug-likeness (QED) is 0.607. The first kappa shape index (κ1) is 20.4. The van der Waals surface area contributed by atoms with Gasteiger partial charge in [0.25, 0.3) is 0 Å². The number of nitrogens with one attached hydrogen (secondary N) is 2. The number of aryl methyl sites for hydroxylation is 1. The van der Waals surface area contributed by atoms with E-state index in [1.54, 1.807) is 48.5 Å². The van der Waals surface area contributed by atoms with Crippen molar-refractivity contribution in [3.05, 3.63) is 83.9 Å². The summed E-state index contributed by atoms with van der Waals surface area (Å²) in [6, 6.07) is 21.6. The Labute approximate surface area is 170 Å². The van der Waals surface area contributed by atoms with E-state index >= 15 is 0 Å². The van der Waals surface area contributed by atoms with Crippen molar-refractivity contribution in [1.82, 2.24) is 0 Å². The number of sulfonamides is 1. The number of carbonyl (C=O) groups is 1. The van der Waals surface area contributed by atoms with Gasteiger partial charge in [-0.15, -0.1) is 0 Å². The van der Waals surface area contributed by atoms with Gasteiger partial charge in [0.2, 0.25) is 15.9 Å². The van der Waals surface area contributed by atoms with E-state index in [4.69, 9.17) is 4.74 Å². The zero-order valence-electron chi connectivity index (χ0n) is 16.2. The minimum absolute atomic E-state index is 0.0419. The molecule has 6 nitrogen and oxygen atoms in total. The molecule has 3 aromatic rings. The van der Waals surface area contributed by atoms with Crippen LogP contribution in [0.25, 0.3) is 0 Å². The van der Waals surface area contributed by atoms with Crippen molar-refractivity contribution in [1.29, 1.82) is 0 Å². The summed E-state index contributed by atoms with van der Waals surface area (Å²) in [4.78, 5) is 12.4. The average molecular weight is 410 g/mol. The maximum absolute atomic E-state index is 12.4. The summed E-state index contributed by atoms with van der Waals surface area (Å²) in [6.45, 7) is 2.00. The summed E-state index contributed by atoms with van der Waals surface area (Å²) in [5, 5.41) is 2.81. The minimum Gasteiger partial charge on any atom is -0.457 e. The van der Waals surface area contributed by atoms with Crippen LogP contribution in [0.15, 0.2) is 72.8 Å². The zero-order valence-corrected chi connectivity index (χ0v) is 17.0. The summed E-state index contributed by atoms with van der Waals surface area (Å²) in [5.41, 5.74) is 2.72. The van der Waals surface area contributed by atoms with Gasteiger partial charge >= 0.3 is 0 Å². The lowest BCUT2D eigenvalue weighted by Gasteiger charge is -2.11. The van der Waals surface area contributed by atoms with Crippen LogP contribution >= 0.6 is 0 Å². The molecule has 0 unspecified atom stereocenters. The lowest BCUT2D eigenvalue weighted by Crippen LogP contribution is -2.17. The zero-order chi connectivity index (χ0) is 20.9. The second-order valence-electron chi connectivity index (χ2n) is 6.70. The molecule has 0 radical (unpaired) electrons. The number of hydrogen-bond donors (Lipinski definition) is 2.